The van der Waals surface area contributed by atoms with Crippen LogP contribution >= 0.6 is 11.9 Å². The molecule has 0 aromatic heterocycles. The molecule has 0 bridgehead atoms. The zero-order chi connectivity index (χ0) is 22.9. The number of anilines is 2. The maximum Gasteiger partial charge on any atom is 0.249 e. The van der Waals surface area contributed by atoms with Gasteiger partial charge in [-0.25, -0.2) is 4.99 Å². The first-order valence-electron chi connectivity index (χ1n) is 10.0. The number of aliphatic imine (C=N–C) groups is 1. The summed E-state index contributed by atoms with van der Waals surface area (Å²) in [6, 6.07) is 21.0. The second-order valence-corrected chi connectivity index (χ2v) is 7.87. The van der Waals surface area contributed by atoms with Crippen molar-refractivity contribution in [2.45, 2.75) is 18.7 Å². The average molecular weight is 447 g/mol. The summed E-state index contributed by atoms with van der Waals surface area (Å²) in [6.45, 7) is 4.12. The molecule has 4 N–H and O–H groups in total. The third-order valence-corrected chi connectivity index (χ3v) is 5.53. The van der Waals surface area contributed by atoms with Crippen molar-refractivity contribution in [1.82, 2.24) is 0 Å². The Morgan fingerprint density at radius 3 is 2.44 bits per heavy atom. The van der Waals surface area contributed by atoms with Gasteiger partial charge in [-0.05, 0) is 55.1 Å². The molecule has 0 saturated carbocycles. The summed E-state index contributed by atoms with van der Waals surface area (Å²) < 4.78 is 8.86. The Balaban J connectivity index is 1.67. The smallest absolute Gasteiger partial charge is 0.249 e. The predicted octanol–water partition coefficient (Wildman–Crippen LogP) is 5.29. The van der Waals surface area contributed by atoms with Crippen LogP contribution in [-0.4, -0.2) is 18.9 Å². The lowest BCUT2D eigenvalue weighted by Gasteiger charge is -2.14. The summed E-state index contributed by atoms with van der Waals surface area (Å²) in [4.78, 5) is 17.3. The molecule has 0 aliphatic rings. The van der Waals surface area contributed by atoms with Gasteiger partial charge in [0.15, 0.2) is 0 Å². The minimum Gasteiger partial charge on any atom is -0.496 e. The third kappa shape index (κ3) is 6.15. The fourth-order valence-corrected chi connectivity index (χ4v) is 3.94. The molecule has 0 fully saturated rings. The Morgan fingerprint density at radius 1 is 1.03 bits per heavy atom. The van der Waals surface area contributed by atoms with Crippen LogP contribution in [0.25, 0.3) is 0 Å². The molecule has 3 aromatic carbocycles. The number of nitrogens with zero attached hydrogens (tertiary/aromatic N) is 1. The van der Waals surface area contributed by atoms with Crippen molar-refractivity contribution in [1.29, 1.82) is 0 Å². The molecule has 0 saturated heterocycles. The molecule has 3 aromatic rings. The standard InChI is InChI=1S/C25H26N4O2S/c1-17-8-7-9-18(2)24(17)29-32-22-16-20(12-13-21(22)31-3)28-23(30)14-15-27-25(26)19-10-5-4-6-11-19/h4-16,29H,1-3H3,(H2,26,27)(H,28,30)/b15-14+. The van der Waals surface area contributed by atoms with E-state index >= 15 is 0 Å². The summed E-state index contributed by atoms with van der Waals surface area (Å²) in [7, 11) is 1.62. The van der Waals surface area contributed by atoms with Gasteiger partial charge in [0.05, 0.1) is 17.7 Å². The van der Waals surface area contributed by atoms with Gasteiger partial charge in [0, 0.05) is 23.5 Å². The Bertz CT molecular complexity index is 1120. The van der Waals surface area contributed by atoms with Crippen LogP contribution in [0.2, 0.25) is 0 Å². The minimum atomic E-state index is -0.307. The van der Waals surface area contributed by atoms with Gasteiger partial charge in [-0.3, -0.25) is 4.79 Å². The third-order valence-electron chi connectivity index (χ3n) is 4.68. The monoisotopic (exact) mass is 446 g/mol. The maximum absolute atomic E-state index is 12.3. The van der Waals surface area contributed by atoms with E-state index in [9.17, 15) is 4.79 Å². The number of hydrogen-bond acceptors (Lipinski definition) is 5. The Hall–Kier alpha value is -3.71. The van der Waals surface area contributed by atoms with E-state index < -0.39 is 0 Å². The Morgan fingerprint density at radius 2 is 1.75 bits per heavy atom. The van der Waals surface area contributed by atoms with Crippen LogP contribution in [0.4, 0.5) is 11.4 Å². The molecule has 6 nitrogen and oxygen atoms in total. The number of hydrogen-bond donors (Lipinski definition) is 3. The number of para-hydroxylation sites is 1. The summed E-state index contributed by atoms with van der Waals surface area (Å²) in [5.41, 5.74) is 10.7. The van der Waals surface area contributed by atoms with Gasteiger partial charge >= 0.3 is 0 Å². The Labute approximate surface area is 192 Å². The first-order chi connectivity index (χ1) is 15.5. The summed E-state index contributed by atoms with van der Waals surface area (Å²) >= 11 is 1.43. The SMILES string of the molecule is COc1ccc(NC(=O)/C=C/N=C(N)c2ccccc2)cc1SNc1c(C)cccc1C. The van der Waals surface area contributed by atoms with Crippen molar-refractivity contribution < 1.29 is 9.53 Å². The average Bonchev–Trinajstić information content (AvgIpc) is 2.79. The highest BCUT2D eigenvalue weighted by Gasteiger charge is 2.09. The number of amides is 1. The molecule has 0 spiro atoms. The molecule has 0 heterocycles. The number of carbonyl (C=O) groups excluding carboxylic acids is 1. The minimum absolute atomic E-state index is 0.307. The van der Waals surface area contributed by atoms with E-state index in [1.807, 2.05) is 48.5 Å². The van der Waals surface area contributed by atoms with Gasteiger partial charge in [0.25, 0.3) is 0 Å². The maximum atomic E-state index is 12.3. The number of nitrogens with one attached hydrogen (secondary N) is 2. The molecule has 0 unspecified atom stereocenters. The molecular weight excluding hydrogens is 420 g/mol. The van der Waals surface area contributed by atoms with Crippen LogP contribution in [0.5, 0.6) is 5.75 Å². The molecule has 32 heavy (non-hydrogen) atoms. The lowest BCUT2D eigenvalue weighted by atomic mass is 10.1. The number of rotatable bonds is 8. The fourth-order valence-electron chi connectivity index (χ4n) is 2.97. The van der Waals surface area contributed by atoms with E-state index in [1.165, 1.54) is 24.2 Å². The largest absolute Gasteiger partial charge is 0.496 e. The number of amidine groups is 1. The molecule has 0 atom stereocenters. The van der Waals surface area contributed by atoms with Gasteiger partial charge in [0.2, 0.25) is 5.91 Å². The van der Waals surface area contributed by atoms with Crippen LogP contribution in [0.15, 0.2) is 88.9 Å². The van der Waals surface area contributed by atoms with Crippen molar-refractivity contribution >= 4 is 35.1 Å². The normalized spacial score (nSPS) is 11.4. The second-order valence-electron chi connectivity index (χ2n) is 7.02. The van der Waals surface area contributed by atoms with E-state index in [0.717, 1.165) is 27.3 Å². The van der Waals surface area contributed by atoms with Gasteiger partial charge in [-0.2, -0.15) is 0 Å². The van der Waals surface area contributed by atoms with E-state index in [2.05, 4.69) is 41.0 Å². The number of ether oxygens (including phenoxy) is 1. The summed E-state index contributed by atoms with van der Waals surface area (Å²) in [6.07, 6.45) is 2.72. The Kier molecular flexibility index (Phi) is 7.94. The lowest BCUT2D eigenvalue weighted by molar-refractivity contribution is -0.111. The fraction of sp³-hybridized carbons (Fsp3) is 0.120. The molecule has 7 heteroatoms. The zero-order valence-electron chi connectivity index (χ0n) is 18.3. The van der Waals surface area contributed by atoms with Crippen molar-refractivity contribution in [2.75, 3.05) is 17.1 Å². The van der Waals surface area contributed by atoms with E-state index in [1.54, 1.807) is 13.2 Å². The van der Waals surface area contributed by atoms with Crippen LogP contribution in [0, 0.1) is 13.8 Å². The summed E-state index contributed by atoms with van der Waals surface area (Å²) in [5.74, 6) is 0.747. The quantitative estimate of drug-likeness (QED) is 0.189. The van der Waals surface area contributed by atoms with Crippen molar-refractivity contribution in [3.8, 4) is 5.75 Å². The molecule has 164 valence electrons. The first kappa shape index (κ1) is 23.0. The molecule has 0 radical (unpaired) electrons. The number of carbonyl (C=O) groups is 1. The lowest BCUT2D eigenvalue weighted by Crippen LogP contribution is -2.12. The van der Waals surface area contributed by atoms with Crippen LogP contribution in [0.3, 0.4) is 0 Å². The van der Waals surface area contributed by atoms with Gasteiger partial charge in [-0.15, -0.1) is 0 Å². The molecule has 1 amide bonds. The van der Waals surface area contributed by atoms with Gasteiger partial charge < -0.3 is 20.5 Å². The van der Waals surface area contributed by atoms with Crippen molar-refractivity contribution in [3.05, 3.63) is 95.7 Å². The second kappa shape index (κ2) is 11.1. The van der Waals surface area contributed by atoms with Crippen molar-refractivity contribution in [2.24, 2.45) is 10.7 Å². The predicted molar refractivity (Wildman–Crippen MR) is 133 cm³/mol. The molecule has 0 aliphatic heterocycles. The van der Waals surface area contributed by atoms with Crippen LogP contribution in [0.1, 0.15) is 16.7 Å². The number of methoxy groups -OCH3 is 1. The van der Waals surface area contributed by atoms with Crippen LogP contribution in [-0.2, 0) is 4.79 Å². The molecule has 0 aliphatic carbocycles. The highest BCUT2D eigenvalue weighted by molar-refractivity contribution is 8.00. The van der Waals surface area contributed by atoms with E-state index in [4.69, 9.17) is 10.5 Å². The molecule has 3 rings (SSSR count). The zero-order valence-corrected chi connectivity index (χ0v) is 19.1. The number of benzene rings is 3. The highest BCUT2D eigenvalue weighted by Crippen LogP contribution is 2.34. The van der Waals surface area contributed by atoms with Crippen LogP contribution < -0.4 is 20.5 Å². The van der Waals surface area contributed by atoms with E-state index in [0.29, 0.717) is 17.3 Å². The molecular formula is C25H26N4O2S. The number of aryl methyl sites for hydroxylation is 2. The topological polar surface area (TPSA) is 88.7 Å². The summed E-state index contributed by atoms with van der Waals surface area (Å²) in [5, 5.41) is 2.84. The van der Waals surface area contributed by atoms with Crippen molar-refractivity contribution in [3.63, 3.8) is 0 Å². The van der Waals surface area contributed by atoms with E-state index in [-0.39, 0.29) is 5.91 Å². The highest BCUT2D eigenvalue weighted by atomic mass is 32.2. The first-order valence-corrected chi connectivity index (χ1v) is 10.8. The number of nitrogens with two attached hydrogens (primary N) is 1. The van der Waals surface area contributed by atoms with Gasteiger partial charge in [0.1, 0.15) is 11.6 Å². The van der Waals surface area contributed by atoms with Gasteiger partial charge in [-0.1, -0.05) is 48.5 Å².